The second-order valence-electron chi connectivity index (χ2n) is 6.86. The number of hydrogen-bond donors (Lipinski definition) is 1. The smallest absolute Gasteiger partial charge is 0.0645 e. The molecule has 0 amide bonds. The summed E-state index contributed by atoms with van der Waals surface area (Å²) in [6.07, 6.45) is 2.54. The van der Waals surface area contributed by atoms with E-state index in [4.69, 9.17) is 10.5 Å². The topological polar surface area (TPSA) is 38.5 Å². The van der Waals surface area contributed by atoms with Crippen molar-refractivity contribution in [3.05, 3.63) is 0 Å². The van der Waals surface area contributed by atoms with Crippen LogP contribution < -0.4 is 5.73 Å². The van der Waals surface area contributed by atoms with Crippen molar-refractivity contribution in [3.8, 4) is 0 Å². The number of morpholine rings is 1. The number of nitrogens with zero attached hydrogens (tertiary/aromatic N) is 1. The van der Waals surface area contributed by atoms with Crippen LogP contribution >= 0.6 is 0 Å². The van der Waals surface area contributed by atoms with Gasteiger partial charge in [0.05, 0.1) is 13.2 Å². The Morgan fingerprint density at radius 3 is 2.47 bits per heavy atom. The number of hydrogen-bond acceptors (Lipinski definition) is 3. The summed E-state index contributed by atoms with van der Waals surface area (Å²) >= 11 is 0. The average Bonchev–Trinajstić information content (AvgIpc) is 2.18. The Morgan fingerprint density at radius 2 is 2.00 bits per heavy atom. The van der Waals surface area contributed by atoms with Gasteiger partial charge >= 0.3 is 0 Å². The molecule has 2 N–H and O–H groups in total. The third-order valence-corrected chi connectivity index (χ3v) is 4.82. The van der Waals surface area contributed by atoms with Crippen molar-refractivity contribution >= 4 is 0 Å². The van der Waals surface area contributed by atoms with E-state index in [1.54, 1.807) is 0 Å². The van der Waals surface area contributed by atoms with E-state index in [9.17, 15) is 0 Å². The second kappa shape index (κ2) is 4.52. The lowest BCUT2D eigenvalue weighted by Gasteiger charge is -2.61. The highest BCUT2D eigenvalue weighted by Gasteiger charge is 2.52. The Morgan fingerprint density at radius 1 is 1.35 bits per heavy atom. The molecule has 2 fully saturated rings. The first kappa shape index (κ1) is 13.3. The van der Waals surface area contributed by atoms with E-state index in [2.05, 4.69) is 32.6 Å². The molecule has 100 valence electrons. The molecule has 1 aliphatic heterocycles. The zero-order chi connectivity index (χ0) is 12.7. The monoisotopic (exact) mass is 240 g/mol. The summed E-state index contributed by atoms with van der Waals surface area (Å²) in [6, 6.07) is 0. The molecule has 0 unspecified atom stereocenters. The summed E-state index contributed by atoms with van der Waals surface area (Å²) in [4.78, 5) is 2.63. The fourth-order valence-electron chi connectivity index (χ4n) is 3.62. The fraction of sp³-hybridized carbons (Fsp3) is 1.00. The van der Waals surface area contributed by atoms with E-state index in [-0.39, 0.29) is 11.1 Å². The van der Waals surface area contributed by atoms with Gasteiger partial charge in [-0.15, -0.1) is 0 Å². The SMILES string of the molecule is CC(C)C1CC(CN)(N2CCOCC2(C)C)C1. The van der Waals surface area contributed by atoms with Crippen molar-refractivity contribution < 1.29 is 4.74 Å². The Labute approximate surface area is 106 Å². The highest BCUT2D eigenvalue weighted by Crippen LogP contribution is 2.48. The van der Waals surface area contributed by atoms with Gasteiger partial charge < -0.3 is 10.5 Å². The average molecular weight is 240 g/mol. The highest BCUT2D eigenvalue weighted by atomic mass is 16.5. The summed E-state index contributed by atoms with van der Waals surface area (Å²) in [5, 5.41) is 0. The zero-order valence-corrected chi connectivity index (χ0v) is 11.8. The molecular formula is C14H28N2O. The van der Waals surface area contributed by atoms with E-state index in [1.807, 2.05) is 0 Å². The lowest BCUT2D eigenvalue weighted by molar-refractivity contribution is -0.146. The molecule has 0 atom stereocenters. The van der Waals surface area contributed by atoms with Crippen LogP contribution in [0, 0.1) is 11.8 Å². The van der Waals surface area contributed by atoms with E-state index < -0.39 is 0 Å². The van der Waals surface area contributed by atoms with Crippen LogP contribution in [0.3, 0.4) is 0 Å². The van der Waals surface area contributed by atoms with Gasteiger partial charge in [-0.05, 0) is 38.5 Å². The van der Waals surface area contributed by atoms with Crippen LogP contribution in [-0.4, -0.2) is 42.3 Å². The molecule has 0 radical (unpaired) electrons. The van der Waals surface area contributed by atoms with Crippen LogP contribution in [0.15, 0.2) is 0 Å². The standard InChI is InChI=1S/C14H28N2O/c1-11(2)12-7-14(8-12,9-15)16-5-6-17-10-13(16,3)4/h11-12H,5-10,15H2,1-4H3. The van der Waals surface area contributed by atoms with Crippen molar-refractivity contribution in [2.75, 3.05) is 26.3 Å². The summed E-state index contributed by atoms with van der Waals surface area (Å²) in [5.41, 5.74) is 6.49. The van der Waals surface area contributed by atoms with Crippen molar-refractivity contribution in [1.82, 2.24) is 4.90 Å². The van der Waals surface area contributed by atoms with E-state index in [1.165, 1.54) is 12.8 Å². The minimum atomic E-state index is 0.138. The first-order valence-electron chi connectivity index (χ1n) is 6.97. The van der Waals surface area contributed by atoms with Gasteiger partial charge in [0.25, 0.3) is 0 Å². The molecular weight excluding hydrogens is 212 g/mol. The molecule has 1 saturated heterocycles. The van der Waals surface area contributed by atoms with Crippen molar-refractivity contribution in [3.63, 3.8) is 0 Å². The van der Waals surface area contributed by atoms with Gasteiger partial charge in [-0.1, -0.05) is 13.8 Å². The first-order valence-corrected chi connectivity index (χ1v) is 6.97. The Balaban J connectivity index is 2.09. The zero-order valence-electron chi connectivity index (χ0n) is 11.8. The first-order chi connectivity index (χ1) is 7.91. The molecule has 3 heteroatoms. The minimum absolute atomic E-state index is 0.138. The Bertz CT molecular complexity index is 269. The third kappa shape index (κ3) is 2.25. The van der Waals surface area contributed by atoms with Crippen LogP contribution in [0.2, 0.25) is 0 Å². The lowest BCUT2D eigenvalue weighted by Crippen LogP contribution is -2.70. The van der Waals surface area contributed by atoms with Crippen LogP contribution in [0.4, 0.5) is 0 Å². The van der Waals surface area contributed by atoms with Gasteiger partial charge in [0.15, 0.2) is 0 Å². The van der Waals surface area contributed by atoms with Crippen LogP contribution in [0.25, 0.3) is 0 Å². The molecule has 1 heterocycles. The van der Waals surface area contributed by atoms with Gasteiger partial charge in [0, 0.05) is 24.2 Å². The van der Waals surface area contributed by atoms with Gasteiger partial charge in [0.2, 0.25) is 0 Å². The number of rotatable bonds is 3. The summed E-state index contributed by atoms with van der Waals surface area (Å²) in [7, 11) is 0. The van der Waals surface area contributed by atoms with E-state index >= 15 is 0 Å². The predicted octanol–water partition coefficient (Wildman–Crippen LogP) is 1.86. The van der Waals surface area contributed by atoms with Gasteiger partial charge in [-0.2, -0.15) is 0 Å². The molecule has 3 nitrogen and oxygen atoms in total. The molecule has 0 aromatic rings. The molecule has 0 bridgehead atoms. The Hall–Kier alpha value is -0.120. The minimum Gasteiger partial charge on any atom is -0.378 e. The maximum Gasteiger partial charge on any atom is 0.0645 e. The normalized spacial score (nSPS) is 38.1. The summed E-state index contributed by atoms with van der Waals surface area (Å²) in [5.74, 6) is 1.65. The van der Waals surface area contributed by atoms with Gasteiger partial charge in [-0.25, -0.2) is 0 Å². The van der Waals surface area contributed by atoms with Gasteiger partial charge in [0.1, 0.15) is 0 Å². The molecule has 0 aromatic carbocycles. The molecule has 2 rings (SSSR count). The largest absolute Gasteiger partial charge is 0.378 e. The van der Waals surface area contributed by atoms with Crippen molar-refractivity contribution in [1.29, 1.82) is 0 Å². The maximum absolute atomic E-state index is 6.10. The molecule has 2 aliphatic rings. The highest BCUT2D eigenvalue weighted by molar-refractivity contribution is 5.08. The maximum atomic E-state index is 6.10. The van der Waals surface area contributed by atoms with Crippen molar-refractivity contribution in [2.24, 2.45) is 17.6 Å². The fourth-order valence-corrected chi connectivity index (χ4v) is 3.62. The predicted molar refractivity (Wildman–Crippen MR) is 71.0 cm³/mol. The molecule has 17 heavy (non-hydrogen) atoms. The summed E-state index contributed by atoms with van der Waals surface area (Å²) < 4.78 is 5.62. The van der Waals surface area contributed by atoms with Crippen LogP contribution in [0.5, 0.6) is 0 Å². The van der Waals surface area contributed by atoms with Crippen LogP contribution in [0.1, 0.15) is 40.5 Å². The van der Waals surface area contributed by atoms with E-state index in [0.29, 0.717) is 0 Å². The third-order valence-electron chi connectivity index (χ3n) is 4.82. The number of nitrogens with two attached hydrogens (primary N) is 1. The van der Waals surface area contributed by atoms with Crippen molar-refractivity contribution in [2.45, 2.75) is 51.6 Å². The summed E-state index contributed by atoms with van der Waals surface area (Å²) in [6.45, 7) is 12.7. The quantitative estimate of drug-likeness (QED) is 0.818. The lowest BCUT2D eigenvalue weighted by atomic mass is 9.62. The molecule has 0 aromatic heterocycles. The molecule has 1 saturated carbocycles. The van der Waals surface area contributed by atoms with Gasteiger partial charge in [-0.3, -0.25) is 4.90 Å². The molecule has 0 spiro atoms. The van der Waals surface area contributed by atoms with Crippen LogP contribution in [-0.2, 0) is 4.74 Å². The number of ether oxygens (including phenoxy) is 1. The Kier molecular flexibility index (Phi) is 3.54. The second-order valence-corrected chi connectivity index (χ2v) is 6.86. The van der Waals surface area contributed by atoms with E-state index in [0.717, 1.165) is 38.1 Å². The molecule has 1 aliphatic carbocycles.